The second-order valence-electron chi connectivity index (χ2n) is 35.0. The number of benzene rings is 3. The lowest BCUT2D eigenvalue weighted by Gasteiger charge is -2.14. The number of nitrogens with zero attached hydrogens (tertiary/aromatic N) is 6. The van der Waals surface area contributed by atoms with Gasteiger partial charge in [0.05, 0.1) is 24.3 Å². The second-order valence-corrected chi connectivity index (χ2v) is 35.0. The largest absolute Gasteiger partial charge is 0.492 e. The number of carbonyl (C=O) groups excluding carboxylic acids is 2. The minimum Gasteiger partial charge on any atom is -0.492 e. The summed E-state index contributed by atoms with van der Waals surface area (Å²) in [6, 6.07) is 18.9. The molecule has 2 heterocycles. The first-order valence-corrected chi connectivity index (χ1v) is 51.4. The fourth-order valence-electron chi connectivity index (χ4n) is 15.6. The van der Waals surface area contributed by atoms with Crippen molar-refractivity contribution in [2.24, 2.45) is 0 Å². The molecule has 8 N–H and O–H groups in total. The zero-order chi connectivity index (χ0) is 87.9. The maximum absolute atomic E-state index is 13.7. The lowest BCUT2D eigenvalue weighted by atomic mass is 10.1. The van der Waals surface area contributed by atoms with Crippen LogP contribution < -0.4 is 52.0 Å². The Kier molecular flexibility index (Phi) is 65.7. The summed E-state index contributed by atoms with van der Waals surface area (Å²) in [5.74, 6) is 17.9. The molecular weight excluding hydrogens is 1530 g/mol. The first-order valence-electron chi connectivity index (χ1n) is 51.4. The van der Waals surface area contributed by atoms with Gasteiger partial charge in [0.2, 0.25) is 35.7 Å². The zero-order valence-corrected chi connectivity index (χ0v) is 79.6. The number of amides is 2. The van der Waals surface area contributed by atoms with Crippen molar-refractivity contribution in [2.75, 3.05) is 97.5 Å². The molecule has 3 aromatic carbocycles. The fraction of sp³-hybridized carbons (Fsp3) is 0.717. The highest BCUT2D eigenvalue weighted by Crippen LogP contribution is 2.31. The van der Waals surface area contributed by atoms with Gasteiger partial charge in [-0.15, -0.1) is 0 Å². The molecule has 124 heavy (non-hydrogen) atoms. The Morgan fingerprint density at radius 1 is 0.234 bits per heavy atom. The van der Waals surface area contributed by atoms with Gasteiger partial charge in [-0.1, -0.05) is 412 Å². The monoisotopic (exact) mass is 1710 g/mol. The average Bonchev–Trinajstić information content (AvgIpc) is 0.816. The molecule has 0 saturated carbocycles. The Morgan fingerprint density at radius 3 is 0.645 bits per heavy atom. The van der Waals surface area contributed by atoms with E-state index >= 15 is 0 Å². The summed E-state index contributed by atoms with van der Waals surface area (Å²) in [6.07, 6.45) is 76.0. The predicted molar refractivity (Wildman–Crippen MR) is 529 cm³/mol. The Morgan fingerprint density at radius 2 is 0.427 bits per heavy atom. The van der Waals surface area contributed by atoms with Crippen LogP contribution in [0.4, 0.5) is 35.7 Å². The molecule has 694 valence electrons. The Hall–Kier alpha value is -7.86. The number of nitrogens with one attached hydrogen (secondary N) is 8. The van der Waals surface area contributed by atoms with Crippen molar-refractivity contribution in [3.63, 3.8) is 0 Å². The van der Waals surface area contributed by atoms with E-state index in [1.165, 1.54) is 334 Å². The molecule has 0 spiro atoms. The quantitative estimate of drug-likeness (QED) is 0.0134. The Balaban J connectivity index is 1.26. The van der Waals surface area contributed by atoms with E-state index in [2.05, 4.69) is 108 Å². The van der Waals surface area contributed by atoms with Crippen molar-refractivity contribution in [1.29, 1.82) is 0 Å². The van der Waals surface area contributed by atoms with Crippen LogP contribution in [0.25, 0.3) is 0 Å². The number of anilines is 6. The third kappa shape index (κ3) is 55.6. The van der Waals surface area contributed by atoms with Crippen LogP contribution in [0.3, 0.4) is 0 Å². The van der Waals surface area contributed by atoms with E-state index in [0.29, 0.717) is 109 Å². The van der Waals surface area contributed by atoms with Crippen LogP contribution in [0.15, 0.2) is 60.7 Å². The molecule has 0 atom stereocenters. The highest BCUT2D eigenvalue weighted by atomic mass is 16.5. The topological polar surface area (TPSA) is 226 Å². The van der Waals surface area contributed by atoms with Crippen LogP contribution in [0.5, 0.6) is 11.5 Å². The Labute approximate surface area is 756 Å². The minimum absolute atomic E-state index is 0.177. The molecule has 0 unspecified atom stereocenters. The summed E-state index contributed by atoms with van der Waals surface area (Å²) in [5, 5.41) is 26.8. The van der Waals surface area contributed by atoms with Crippen LogP contribution in [0.1, 0.15) is 470 Å². The number of hydrogen-bond donors (Lipinski definition) is 8. The van der Waals surface area contributed by atoms with Gasteiger partial charge in [-0.3, -0.25) is 9.59 Å². The molecule has 0 aliphatic heterocycles. The van der Waals surface area contributed by atoms with Crippen molar-refractivity contribution in [1.82, 2.24) is 40.5 Å². The van der Waals surface area contributed by atoms with Crippen molar-refractivity contribution in [3.05, 3.63) is 94.0 Å². The van der Waals surface area contributed by atoms with Crippen LogP contribution >= 0.6 is 0 Å². The van der Waals surface area contributed by atoms with Gasteiger partial charge in [0.15, 0.2) is 0 Å². The van der Waals surface area contributed by atoms with Crippen molar-refractivity contribution < 1.29 is 19.1 Å². The summed E-state index contributed by atoms with van der Waals surface area (Å²) >= 11 is 0. The van der Waals surface area contributed by atoms with Gasteiger partial charge in [0.1, 0.15) is 11.5 Å². The van der Waals surface area contributed by atoms with E-state index in [0.717, 1.165) is 88.7 Å². The number of rotatable bonds is 82. The number of carbonyl (C=O) groups is 2. The van der Waals surface area contributed by atoms with Crippen LogP contribution in [0, 0.1) is 23.7 Å². The number of ether oxygens (including phenoxy) is 2. The van der Waals surface area contributed by atoms with E-state index in [1.807, 2.05) is 60.7 Å². The molecule has 18 heteroatoms. The van der Waals surface area contributed by atoms with Gasteiger partial charge in [0, 0.05) is 86.7 Å². The molecule has 2 amide bonds. The third-order valence-corrected chi connectivity index (χ3v) is 23.5. The average molecular weight is 1710 g/mol. The minimum atomic E-state index is -0.177. The SMILES string of the molecule is CCCCCCCCCCCCNc1nc(NCCCCCCCCCCCC)nc(NCCNC(=O)c2ccc(C#Cc3cc(OCCCCCCCCCCCC)c(C#Cc4ccc(C(=O)NCCNc5nc(NCCCCCCCCCCCC)nc(NCCCCCCCCCCCC)n5)cc4)cc3OCCCCCCCCCCCC)cc2)n1. The lowest BCUT2D eigenvalue weighted by Crippen LogP contribution is -2.29. The first kappa shape index (κ1) is 107. The zero-order valence-electron chi connectivity index (χ0n) is 79.6. The van der Waals surface area contributed by atoms with E-state index < -0.39 is 0 Å². The normalized spacial score (nSPS) is 11.1. The standard InChI is InChI=1S/C106H176N14O4/c1-7-13-19-25-31-37-43-49-55-61-79-109-101-115-102(110-80-62-56-50-44-38-32-26-20-14-8-2)118-105(117-101)113-85-83-107-99(121)93-73-67-91(68-74-93)71-77-95-89-98(124-88-66-60-54-48-42-36-30-24-18-12-6)96(90-97(95)123-87-65-59-53-47-41-35-29-23-17-11-5)78-72-92-69-75-94(76-70-92)100(122)108-84-86-114-106-119-103(111-81-63-57-51-45-39-33-27-21-15-9-3)116-104(120-106)112-82-64-58-52-46-40-34-28-22-16-10-4/h67-70,73-76,89-90H,7-66,79-88H2,1-6H3,(H,107,121)(H,108,122)(H3,109,110,113,115,117,118)(H3,111,112,114,116,119,120). The van der Waals surface area contributed by atoms with Crippen LogP contribution in [0.2, 0.25) is 0 Å². The fourth-order valence-corrected chi connectivity index (χ4v) is 15.6. The molecule has 18 nitrogen and oxygen atoms in total. The summed E-state index contributed by atoms with van der Waals surface area (Å²) < 4.78 is 13.4. The van der Waals surface area contributed by atoms with Gasteiger partial charge >= 0.3 is 0 Å². The lowest BCUT2D eigenvalue weighted by molar-refractivity contribution is 0.0947. The van der Waals surface area contributed by atoms with Crippen LogP contribution in [-0.2, 0) is 0 Å². The van der Waals surface area contributed by atoms with Crippen LogP contribution in [-0.4, -0.2) is 107 Å². The number of unbranched alkanes of at least 4 members (excludes halogenated alkanes) is 54. The summed E-state index contributed by atoms with van der Waals surface area (Å²) in [6.45, 7) is 19.6. The van der Waals surface area contributed by atoms with Gasteiger partial charge in [-0.2, -0.15) is 29.9 Å². The molecule has 0 saturated heterocycles. The third-order valence-electron chi connectivity index (χ3n) is 23.5. The molecule has 0 aliphatic carbocycles. The molecule has 5 rings (SSSR count). The van der Waals surface area contributed by atoms with E-state index in [9.17, 15) is 9.59 Å². The highest BCUT2D eigenvalue weighted by molar-refractivity contribution is 5.95. The summed E-state index contributed by atoms with van der Waals surface area (Å²) in [4.78, 5) is 56.0. The summed E-state index contributed by atoms with van der Waals surface area (Å²) in [7, 11) is 0. The smallest absolute Gasteiger partial charge is 0.251 e. The van der Waals surface area contributed by atoms with Crippen molar-refractivity contribution in [2.45, 2.75) is 427 Å². The number of hydrogen-bond acceptors (Lipinski definition) is 16. The van der Waals surface area contributed by atoms with Gasteiger partial charge < -0.3 is 52.0 Å². The maximum atomic E-state index is 13.7. The molecule has 0 bridgehead atoms. The molecule has 0 radical (unpaired) electrons. The first-order chi connectivity index (χ1) is 61.2. The second kappa shape index (κ2) is 76.4. The maximum Gasteiger partial charge on any atom is 0.251 e. The number of aromatic nitrogens is 6. The highest BCUT2D eigenvalue weighted by Gasteiger charge is 2.16. The Bertz CT molecular complexity index is 3230. The van der Waals surface area contributed by atoms with Gasteiger partial charge in [-0.05, 0) is 87.1 Å². The van der Waals surface area contributed by atoms with Gasteiger partial charge in [0.25, 0.3) is 11.8 Å². The molecule has 0 fully saturated rings. The predicted octanol–water partition coefficient (Wildman–Crippen LogP) is 28.5. The van der Waals surface area contributed by atoms with Crippen molar-refractivity contribution >= 4 is 47.5 Å². The van der Waals surface area contributed by atoms with E-state index in [-0.39, 0.29) is 11.8 Å². The van der Waals surface area contributed by atoms with E-state index in [1.54, 1.807) is 0 Å². The summed E-state index contributed by atoms with van der Waals surface area (Å²) in [5.41, 5.74) is 4.04. The molecular formula is C106H176N14O4. The molecule has 2 aromatic heterocycles. The van der Waals surface area contributed by atoms with Crippen molar-refractivity contribution in [3.8, 4) is 35.2 Å². The molecule has 0 aliphatic rings. The van der Waals surface area contributed by atoms with E-state index in [4.69, 9.17) is 39.4 Å². The molecule has 5 aromatic rings. The van der Waals surface area contributed by atoms with Gasteiger partial charge in [-0.25, -0.2) is 0 Å².